The van der Waals surface area contributed by atoms with E-state index in [0.29, 0.717) is 0 Å². The Labute approximate surface area is 53.5 Å². The van der Waals surface area contributed by atoms with Crippen molar-refractivity contribution in [1.82, 2.24) is 4.40 Å². The molecule has 0 aromatic carbocycles. The van der Waals surface area contributed by atoms with E-state index in [2.05, 4.69) is 12.1 Å². The number of pyridine rings is 1. The zero-order chi connectivity index (χ0) is 6.10. The Morgan fingerprint density at radius 1 is 1.33 bits per heavy atom. The minimum absolute atomic E-state index is 1.07. The van der Waals surface area contributed by atoms with Crippen molar-refractivity contribution in [2.45, 2.75) is 0 Å². The van der Waals surface area contributed by atoms with Gasteiger partial charge in [-0.25, -0.2) is 0 Å². The SMILES string of the molecule is [c]1[c]c2ccccn2c1. The molecule has 9 heavy (non-hydrogen) atoms. The van der Waals surface area contributed by atoms with Crippen molar-refractivity contribution in [3.63, 3.8) is 0 Å². The van der Waals surface area contributed by atoms with Crippen LogP contribution in [0.3, 0.4) is 0 Å². The molecule has 0 aliphatic heterocycles. The quantitative estimate of drug-likeness (QED) is 0.490. The van der Waals surface area contributed by atoms with Crippen LogP contribution in [-0.2, 0) is 0 Å². The second-order valence-corrected chi connectivity index (χ2v) is 1.89. The molecule has 0 aliphatic carbocycles. The van der Waals surface area contributed by atoms with Gasteiger partial charge in [0.25, 0.3) is 0 Å². The number of rotatable bonds is 0. The predicted octanol–water partition coefficient (Wildman–Crippen LogP) is 1.54. The average molecular weight is 115 g/mol. The summed E-state index contributed by atoms with van der Waals surface area (Å²) < 4.78 is 1.97. The summed E-state index contributed by atoms with van der Waals surface area (Å²) in [6.45, 7) is 0. The van der Waals surface area contributed by atoms with E-state index >= 15 is 0 Å². The summed E-state index contributed by atoms with van der Waals surface area (Å²) in [6.07, 6.45) is 3.83. The summed E-state index contributed by atoms with van der Waals surface area (Å²) in [4.78, 5) is 0. The standard InChI is InChI=1S/C8H5N/c1-2-6-9-7-3-5-8(9)4-1/h1-2,4,6-7H. The van der Waals surface area contributed by atoms with Crippen LogP contribution < -0.4 is 0 Å². The first-order valence-electron chi connectivity index (χ1n) is 2.82. The zero-order valence-corrected chi connectivity index (χ0v) is 4.83. The monoisotopic (exact) mass is 115 g/mol. The number of aromatic nitrogens is 1. The van der Waals surface area contributed by atoms with Crippen LogP contribution in [-0.4, -0.2) is 4.40 Å². The maximum atomic E-state index is 2.96. The third-order valence-electron chi connectivity index (χ3n) is 1.29. The maximum Gasteiger partial charge on any atom is 0.0535 e. The van der Waals surface area contributed by atoms with Crippen molar-refractivity contribution >= 4 is 5.52 Å². The first-order chi connectivity index (χ1) is 4.47. The third-order valence-corrected chi connectivity index (χ3v) is 1.29. The number of fused-ring (bicyclic) bond motifs is 1. The van der Waals surface area contributed by atoms with Crippen molar-refractivity contribution < 1.29 is 0 Å². The fourth-order valence-corrected chi connectivity index (χ4v) is 0.850. The average Bonchev–Trinajstić information content (AvgIpc) is 2.33. The van der Waals surface area contributed by atoms with Crippen molar-refractivity contribution in [3.05, 3.63) is 42.7 Å². The molecule has 2 aromatic heterocycles. The Morgan fingerprint density at radius 2 is 2.33 bits per heavy atom. The van der Waals surface area contributed by atoms with E-state index in [1.807, 2.05) is 35.0 Å². The van der Waals surface area contributed by atoms with E-state index in [0.717, 1.165) is 5.52 Å². The molecule has 0 saturated carbocycles. The van der Waals surface area contributed by atoms with Crippen molar-refractivity contribution in [2.75, 3.05) is 0 Å². The first kappa shape index (κ1) is 4.62. The summed E-state index contributed by atoms with van der Waals surface area (Å²) in [7, 11) is 0. The molecule has 1 heteroatoms. The Balaban J connectivity index is 2.95. The minimum atomic E-state index is 1.07. The van der Waals surface area contributed by atoms with Gasteiger partial charge in [-0.3, -0.25) is 0 Å². The smallest absolute Gasteiger partial charge is 0.0535 e. The Bertz CT molecular complexity index is 279. The predicted molar refractivity (Wildman–Crippen MR) is 35.1 cm³/mol. The fraction of sp³-hybridized carbons (Fsp3) is 0. The van der Waals surface area contributed by atoms with Gasteiger partial charge in [0.05, 0.1) is 5.52 Å². The topological polar surface area (TPSA) is 4.41 Å². The Kier molecular flexibility index (Phi) is 0.833. The largest absolute Gasteiger partial charge is 0.323 e. The lowest BCUT2D eigenvalue weighted by atomic mass is 10.4. The van der Waals surface area contributed by atoms with E-state index in [-0.39, 0.29) is 0 Å². The molecule has 2 heterocycles. The molecule has 0 fully saturated rings. The van der Waals surface area contributed by atoms with Crippen LogP contribution in [0, 0.1) is 12.1 Å². The molecule has 0 aliphatic rings. The number of nitrogens with zero attached hydrogens (tertiary/aromatic N) is 1. The first-order valence-corrected chi connectivity index (χ1v) is 2.82. The van der Waals surface area contributed by atoms with Gasteiger partial charge in [0.15, 0.2) is 0 Å². The second kappa shape index (κ2) is 1.62. The summed E-state index contributed by atoms with van der Waals surface area (Å²) in [5.41, 5.74) is 1.07. The molecular weight excluding hydrogens is 110 g/mol. The van der Waals surface area contributed by atoms with Gasteiger partial charge in [0.1, 0.15) is 0 Å². The lowest BCUT2D eigenvalue weighted by Crippen LogP contribution is -1.75. The molecule has 1 nitrogen and oxygen atoms in total. The van der Waals surface area contributed by atoms with Crippen molar-refractivity contribution in [3.8, 4) is 0 Å². The molecule has 0 atom stereocenters. The van der Waals surface area contributed by atoms with Crippen LogP contribution in [0.4, 0.5) is 0 Å². The summed E-state index contributed by atoms with van der Waals surface area (Å²) in [6, 6.07) is 11.8. The molecular formula is C8H5N. The van der Waals surface area contributed by atoms with Gasteiger partial charge in [-0.1, -0.05) is 6.07 Å². The van der Waals surface area contributed by atoms with E-state index in [9.17, 15) is 0 Å². The highest BCUT2D eigenvalue weighted by Gasteiger charge is 1.85. The molecule has 0 amide bonds. The van der Waals surface area contributed by atoms with E-state index < -0.39 is 0 Å². The molecule has 0 spiro atoms. The van der Waals surface area contributed by atoms with E-state index in [4.69, 9.17) is 0 Å². The van der Waals surface area contributed by atoms with Crippen LogP contribution >= 0.6 is 0 Å². The molecule has 0 unspecified atom stereocenters. The van der Waals surface area contributed by atoms with Gasteiger partial charge in [-0.2, -0.15) is 0 Å². The van der Waals surface area contributed by atoms with E-state index in [1.54, 1.807) is 0 Å². The minimum Gasteiger partial charge on any atom is -0.323 e. The van der Waals surface area contributed by atoms with Gasteiger partial charge in [-0.05, 0) is 12.1 Å². The van der Waals surface area contributed by atoms with Crippen LogP contribution in [0.25, 0.3) is 5.52 Å². The molecule has 2 aromatic rings. The third kappa shape index (κ3) is 0.617. The maximum absolute atomic E-state index is 2.96. The lowest BCUT2D eigenvalue weighted by molar-refractivity contribution is 1.20. The second-order valence-electron chi connectivity index (χ2n) is 1.89. The van der Waals surface area contributed by atoms with Crippen LogP contribution in [0.5, 0.6) is 0 Å². The number of hydrogen-bond donors (Lipinski definition) is 0. The van der Waals surface area contributed by atoms with Crippen LogP contribution in [0.2, 0.25) is 0 Å². The number of hydrogen-bond acceptors (Lipinski definition) is 0. The zero-order valence-electron chi connectivity index (χ0n) is 4.83. The highest BCUT2D eigenvalue weighted by molar-refractivity contribution is 5.44. The summed E-state index contributed by atoms with van der Waals surface area (Å²) >= 11 is 0. The highest BCUT2D eigenvalue weighted by atomic mass is 14.8. The highest BCUT2D eigenvalue weighted by Crippen LogP contribution is 1.99. The summed E-state index contributed by atoms with van der Waals surface area (Å²) in [5.74, 6) is 0. The van der Waals surface area contributed by atoms with Crippen LogP contribution in [0.1, 0.15) is 0 Å². The molecule has 42 valence electrons. The van der Waals surface area contributed by atoms with Gasteiger partial charge >= 0.3 is 0 Å². The van der Waals surface area contributed by atoms with Gasteiger partial charge in [0, 0.05) is 24.5 Å². The van der Waals surface area contributed by atoms with Crippen molar-refractivity contribution in [2.24, 2.45) is 0 Å². The normalized spacial score (nSPS) is 10.2. The Hall–Kier alpha value is -1.24. The molecule has 0 saturated heterocycles. The molecule has 0 N–H and O–H groups in total. The fourth-order valence-electron chi connectivity index (χ4n) is 0.850. The lowest BCUT2D eigenvalue weighted by Gasteiger charge is -1.88. The summed E-state index contributed by atoms with van der Waals surface area (Å²) in [5, 5.41) is 0. The van der Waals surface area contributed by atoms with E-state index in [1.165, 1.54) is 0 Å². The van der Waals surface area contributed by atoms with Crippen LogP contribution in [0.15, 0.2) is 30.6 Å². The van der Waals surface area contributed by atoms with Gasteiger partial charge in [-0.15, -0.1) is 0 Å². The molecule has 2 radical (unpaired) electrons. The van der Waals surface area contributed by atoms with Gasteiger partial charge < -0.3 is 4.40 Å². The Morgan fingerprint density at radius 3 is 3.22 bits per heavy atom. The molecule has 2 rings (SSSR count). The van der Waals surface area contributed by atoms with Gasteiger partial charge in [0.2, 0.25) is 0 Å². The molecule has 0 bridgehead atoms. The van der Waals surface area contributed by atoms with Crippen molar-refractivity contribution in [1.29, 1.82) is 0 Å².